The van der Waals surface area contributed by atoms with Gasteiger partial charge in [-0.2, -0.15) is 8.42 Å². The fourth-order valence-corrected chi connectivity index (χ4v) is 4.66. The Morgan fingerprint density at radius 2 is 1.93 bits per heavy atom. The minimum Gasteiger partial charge on any atom is -0.480 e. The molecule has 0 unspecified atom stereocenters. The molecule has 9 nitrogen and oxygen atoms in total. The molecule has 0 bridgehead atoms. The number of unbranched alkanes of at least 4 members (excludes halogenated alkanes) is 1. The maximum atomic E-state index is 12.4. The first-order valence-electron chi connectivity index (χ1n) is 8.83. The van der Waals surface area contributed by atoms with E-state index in [9.17, 15) is 18.0 Å². The van der Waals surface area contributed by atoms with Gasteiger partial charge in [0.15, 0.2) is 5.75 Å². The van der Waals surface area contributed by atoms with Crippen LogP contribution in [0.3, 0.4) is 0 Å². The van der Waals surface area contributed by atoms with Crippen molar-refractivity contribution >= 4 is 56.0 Å². The van der Waals surface area contributed by atoms with Crippen LogP contribution in [0.1, 0.15) is 12.8 Å². The SMILES string of the molecule is O=C(O)CN1C(=O)/C(=C\C=C2\Oc3ccccc3N2CCCCS(=O)(=O)O)SC1=S. The number of allylic oxidation sites excluding steroid dienone is 2. The number of rotatable bonds is 8. The highest BCUT2D eigenvalue weighted by molar-refractivity contribution is 8.26. The van der Waals surface area contributed by atoms with Crippen molar-refractivity contribution in [2.24, 2.45) is 0 Å². The number of carboxylic acid groups (broad SMARTS) is 1. The summed E-state index contributed by atoms with van der Waals surface area (Å²) in [4.78, 5) is 26.4. The number of hydrogen-bond acceptors (Lipinski definition) is 8. The molecule has 3 rings (SSSR count). The van der Waals surface area contributed by atoms with Gasteiger partial charge < -0.3 is 14.7 Å². The van der Waals surface area contributed by atoms with Gasteiger partial charge in [0.1, 0.15) is 10.9 Å². The third-order valence-electron chi connectivity index (χ3n) is 4.21. The quantitative estimate of drug-likeness (QED) is 0.253. The number of ether oxygens (including phenoxy) is 1. The molecule has 1 saturated heterocycles. The van der Waals surface area contributed by atoms with E-state index in [-0.39, 0.29) is 21.4 Å². The summed E-state index contributed by atoms with van der Waals surface area (Å²) in [7, 11) is -4.01. The molecule has 0 atom stereocenters. The summed E-state index contributed by atoms with van der Waals surface area (Å²) < 4.78 is 36.7. The van der Waals surface area contributed by atoms with Gasteiger partial charge in [-0.3, -0.25) is 19.0 Å². The molecular formula is C18H18N2O7S3. The van der Waals surface area contributed by atoms with Crippen molar-refractivity contribution in [2.75, 3.05) is 23.7 Å². The van der Waals surface area contributed by atoms with E-state index in [4.69, 9.17) is 26.6 Å². The predicted octanol–water partition coefficient (Wildman–Crippen LogP) is 2.22. The zero-order valence-corrected chi connectivity index (χ0v) is 18.0. The van der Waals surface area contributed by atoms with Crippen LogP contribution in [0.15, 0.2) is 47.2 Å². The molecule has 1 fully saturated rings. The fourth-order valence-electron chi connectivity index (χ4n) is 2.89. The Hall–Kier alpha value is -2.41. The van der Waals surface area contributed by atoms with Crippen LogP contribution >= 0.6 is 24.0 Å². The van der Waals surface area contributed by atoms with Gasteiger partial charge in [0, 0.05) is 12.6 Å². The third-order valence-corrected chi connectivity index (χ3v) is 6.42. The molecule has 0 spiro atoms. The number of nitrogens with zero attached hydrogens (tertiary/aromatic N) is 2. The van der Waals surface area contributed by atoms with Crippen LogP contribution in [-0.2, 0) is 19.7 Å². The zero-order chi connectivity index (χ0) is 21.9. The second kappa shape index (κ2) is 9.16. The summed E-state index contributed by atoms with van der Waals surface area (Å²) in [5, 5.41) is 8.91. The number of thioether (sulfide) groups is 1. The normalized spacial score (nSPS) is 19.0. The number of para-hydroxylation sites is 2. The topological polar surface area (TPSA) is 124 Å². The Kier molecular flexibility index (Phi) is 6.81. The van der Waals surface area contributed by atoms with E-state index in [0.717, 1.165) is 22.3 Å². The molecule has 160 valence electrons. The Morgan fingerprint density at radius 3 is 2.63 bits per heavy atom. The minimum atomic E-state index is -4.01. The standard InChI is InChI=1S/C18H18N2O7S3/c21-16(22)11-20-17(23)14(29-18(20)28)7-8-15-19(9-3-4-10-30(24,25)26)12-5-1-2-6-13(12)27-15/h1-2,5-8H,3-4,9-11H2,(H,21,22)(H,24,25,26)/b14-7+,15-8+. The number of carbonyl (C=O) groups is 2. The Bertz CT molecular complexity index is 1050. The van der Waals surface area contributed by atoms with Crippen molar-refractivity contribution in [1.82, 2.24) is 4.90 Å². The van der Waals surface area contributed by atoms with Crippen molar-refractivity contribution < 1.29 is 32.4 Å². The van der Waals surface area contributed by atoms with Gasteiger partial charge in [0.05, 0.1) is 16.3 Å². The summed E-state index contributed by atoms with van der Waals surface area (Å²) >= 11 is 6.08. The number of anilines is 1. The molecule has 30 heavy (non-hydrogen) atoms. The lowest BCUT2D eigenvalue weighted by molar-refractivity contribution is -0.140. The van der Waals surface area contributed by atoms with Crippen LogP contribution in [0.5, 0.6) is 5.75 Å². The van der Waals surface area contributed by atoms with Crippen LogP contribution in [0.25, 0.3) is 0 Å². The van der Waals surface area contributed by atoms with Gasteiger partial charge in [-0.1, -0.05) is 36.1 Å². The first kappa shape index (κ1) is 22.3. The number of carbonyl (C=O) groups excluding carboxylic acids is 1. The third kappa shape index (κ3) is 5.39. The van der Waals surface area contributed by atoms with E-state index < -0.39 is 28.5 Å². The summed E-state index contributed by atoms with van der Waals surface area (Å²) in [6.07, 6.45) is 3.87. The van der Waals surface area contributed by atoms with Crippen molar-refractivity contribution in [3.8, 4) is 5.75 Å². The second-order valence-electron chi connectivity index (χ2n) is 6.40. The molecule has 2 heterocycles. The summed E-state index contributed by atoms with van der Waals surface area (Å²) in [6, 6.07) is 7.29. The van der Waals surface area contributed by atoms with Crippen molar-refractivity contribution in [1.29, 1.82) is 0 Å². The molecule has 2 N–H and O–H groups in total. The highest BCUT2D eigenvalue weighted by atomic mass is 32.2. The van der Waals surface area contributed by atoms with E-state index in [1.807, 2.05) is 23.1 Å². The molecule has 0 radical (unpaired) electrons. The van der Waals surface area contributed by atoms with E-state index in [2.05, 4.69) is 0 Å². The maximum absolute atomic E-state index is 12.4. The molecule has 0 aliphatic carbocycles. The van der Waals surface area contributed by atoms with E-state index in [0.29, 0.717) is 24.6 Å². The van der Waals surface area contributed by atoms with Crippen LogP contribution in [0, 0.1) is 0 Å². The first-order chi connectivity index (χ1) is 14.2. The Balaban J connectivity index is 1.77. The smallest absolute Gasteiger partial charge is 0.323 e. The van der Waals surface area contributed by atoms with Crippen molar-refractivity contribution in [3.05, 3.63) is 47.2 Å². The lowest BCUT2D eigenvalue weighted by atomic mass is 10.2. The zero-order valence-electron chi connectivity index (χ0n) is 15.6. The second-order valence-corrected chi connectivity index (χ2v) is 9.65. The molecule has 1 amide bonds. The van der Waals surface area contributed by atoms with Crippen LogP contribution in [-0.4, -0.2) is 58.0 Å². The monoisotopic (exact) mass is 470 g/mol. The molecule has 0 aromatic heterocycles. The van der Waals surface area contributed by atoms with Gasteiger partial charge >= 0.3 is 5.97 Å². The number of amides is 1. The average molecular weight is 471 g/mol. The minimum absolute atomic E-state index is 0.171. The lowest BCUT2D eigenvalue weighted by Crippen LogP contribution is -2.33. The Labute approximate surface area is 182 Å². The van der Waals surface area contributed by atoms with Crippen LogP contribution in [0.2, 0.25) is 0 Å². The number of benzene rings is 1. The van der Waals surface area contributed by atoms with Crippen LogP contribution < -0.4 is 9.64 Å². The van der Waals surface area contributed by atoms with Crippen molar-refractivity contribution in [3.63, 3.8) is 0 Å². The van der Waals surface area contributed by atoms with Gasteiger partial charge in [-0.05, 0) is 31.1 Å². The van der Waals surface area contributed by atoms with Gasteiger partial charge in [-0.15, -0.1) is 0 Å². The summed E-state index contributed by atoms with van der Waals surface area (Å²) in [5.74, 6) is -0.915. The van der Waals surface area contributed by atoms with Crippen molar-refractivity contribution in [2.45, 2.75) is 12.8 Å². The van der Waals surface area contributed by atoms with Gasteiger partial charge in [0.2, 0.25) is 5.88 Å². The summed E-state index contributed by atoms with van der Waals surface area (Å²) in [5.41, 5.74) is 0.794. The largest absolute Gasteiger partial charge is 0.480 e. The highest BCUT2D eigenvalue weighted by Crippen LogP contribution is 2.39. The van der Waals surface area contributed by atoms with E-state index >= 15 is 0 Å². The lowest BCUT2D eigenvalue weighted by Gasteiger charge is -2.17. The summed E-state index contributed by atoms with van der Waals surface area (Å²) in [6.45, 7) is -0.0629. The number of thiocarbonyl (C=S) groups is 1. The number of carboxylic acids is 1. The highest BCUT2D eigenvalue weighted by Gasteiger charge is 2.33. The predicted molar refractivity (Wildman–Crippen MR) is 116 cm³/mol. The molecule has 2 aliphatic heterocycles. The van der Waals surface area contributed by atoms with E-state index in [1.165, 1.54) is 6.08 Å². The Morgan fingerprint density at radius 1 is 1.20 bits per heavy atom. The van der Waals surface area contributed by atoms with Crippen LogP contribution in [0.4, 0.5) is 5.69 Å². The van der Waals surface area contributed by atoms with E-state index in [1.54, 1.807) is 12.1 Å². The molecule has 0 saturated carbocycles. The number of hydrogen-bond donors (Lipinski definition) is 2. The van der Waals surface area contributed by atoms with Gasteiger partial charge in [-0.25, -0.2) is 0 Å². The molecule has 2 aliphatic rings. The molecule has 1 aromatic carbocycles. The first-order valence-corrected chi connectivity index (χ1v) is 11.7. The molecule has 12 heteroatoms. The molecule has 1 aromatic rings. The number of aliphatic carboxylic acids is 1. The maximum Gasteiger partial charge on any atom is 0.323 e. The van der Waals surface area contributed by atoms with Gasteiger partial charge in [0.25, 0.3) is 16.0 Å². The number of fused-ring (bicyclic) bond motifs is 1. The average Bonchev–Trinajstić information content (AvgIpc) is 3.14. The molecular weight excluding hydrogens is 452 g/mol. The fraction of sp³-hybridized carbons (Fsp3) is 0.278.